The topological polar surface area (TPSA) is 108 Å². The number of fused-ring (bicyclic) bond motifs is 1. The van der Waals surface area contributed by atoms with E-state index in [1.54, 1.807) is 6.92 Å². The van der Waals surface area contributed by atoms with Crippen LogP contribution in [0.2, 0.25) is 0 Å². The Hall–Kier alpha value is -2.17. The van der Waals surface area contributed by atoms with E-state index in [1.807, 2.05) is 38.1 Å². The van der Waals surface area contributed by atoms with Crippen molar-refractivity contribution in [3.63, 3.8) is 0 Å². The van der Waals surface area contributed by atoms with E-state index in [1.165, 1.54) is 4.90 Å². The Morgan fingerprint density at radius 2 is 1.89 bits per heavy atom. The fourth-order valence-corrected chi connectivity index (χ4v) is 7.54. The zero-order valence-corrected chi connectivity index (χ0v) is 24.4. The van der Waals surface area contributed by atoms with Gasteiger partial charge in [-0.25, -0.2) is 0 Å². The van der Waals surface area contributed by atoms with Gasteiger partial charge in [-0.05, 0) is 57.4 Å². The summed E-state index contributed by atoms with van der Waals surface area (Å²) in [5.41, 5.74) is 0.463. The molecule has 4 rings (SSSR count). The van der Waals surface area contributed by atoms with Crippen molar-refractivity contribution in [2.75, 3.05) is 36.5 Å². The smallest absolute Gasteiger partial charge is 0.312 e. The van der Waals surface area contributed by atoms with Gasteiger partial charge < -0.3 is 29.7 Å². The summed E-state index contributed by atoms with van der Waals surface area (Å²) in [6.45, 7) is 11.5. The number of rotatable bonds is 11. The largest absolute Gasteiger partial charge is 0.466 e. The van der Waals surface area contributed by atoms with Gasteiger partial charge in [0.2, 0.25) is 11.8 Å². The molecule has 2 amide bonds. The zero-order valence-electron chi connectivity index (χ0n) is 22.9. The van der Waals surface area contributed by atoms with E-state index >= 15 is 0 Å². The molecule has 1 aromatic carbocycles. The van der Waals surface area contributed by atoms with Crippen molar-refractivity contribution in [2.45, 2.75) is 76.1 Å². The summed E-state index contributed by atoms with van der Waals surface area (Å²) < 4.78 is 11.8. The molecule has 3 aliphatic heterocycles. The second kappa shape index (κ2) is 11.5. The number of hydrogen-bond donors (Lipinski definition) is 2. The SMILES string of the molecule is CCOC(=O)[C@H]1[C@@H]2O[C@@]3(CC2Br)[C@@H]1C(=O)N([C@@H](CO)[C@@H](C)CC)[C@@H]3C(=O)Nc1ccc(N(CC)CC)cc1. The Labute approximate surface area is 233 Å². The first-order valence-corrected chi connectivity index (χ1v) is 14.7. The highest BCUT2D eigenvalue weighted by molar-refractivity contribution is 9.09. The average Bonchev–Trinajstić information content (AvgIpc) is 3.50. The number of esters is 1. The number of anilines is 2. The molecule has 0 aliphatic carbocycles. The lowest BCUT2D eigenvalue weighted by Crippen LogP contribution is -2.57. The number of aliphatic hydroxyl groups excluding tert-OH is 1. The molecule has 3 aliphatic rings. The van der Waals surface area contributed by atoms with Gasteiger partial charge in [-0.2, -0.15) is 0 Å². The summed E-state index contributed by atoms with van der Waals surface area (Å²) in [5.74, 6) is -2.94. The third-order valence-corrected chi connectivity index (χ3v) is 9.49. The van der Waals surface area contributed by atoms with Gasteiger partial charge in [-0.15, -0.1) is 0 Å². The molecular weight excluding hydrogens is 554 g/mol. The molecular formula is C28H40BrN3O6. The van der Waals surface area contributed by atoms with Crippen molar-refractivity contribution in [3.8, 4) is 0 Å². The fourth-order valence-electron chi connectivity index (χ4n) is 6.60. The molecule has 3 heterocycles. The van der Waals surface area contributed by atoms with Crippen molar-refractivity contribution >= 4 is 45.1 Å². The van der Waals surface area contributed by atoms with Gasteiger partial charge in [0.05, 0.1) is 37.2 Å². The number of likely N-dealkylation sites (tertiary alicyclic amines) is 1. The van der Waals surface area contributed by atoms with Gasteiger partial charge in [0.25, 0.3) is 0 Å². The van der Waals surface area contributed by atoms with E-state index in [0.29, 0.717) is 18.5 Å². The van der Waals surface area contributed by atoms with Crippen molar-refractivity contribution in [1.82, 2.24) is 4.90 Å². The minimum absolute atomic E-state index is 0.0687. The Morgan fingerprint density at radius 3 is 2.45 bits per heavy atom. The number of carbonyl (C=O) groups excluding carboxylic acids is 3. The number of carbonyl (C=O) groups is 3. The molecule has 38 heavy (non-hydrogen) atoms. The third kappa shape index (κ3) is 4.62. The van der Waals surface area contributed by atoms with Gasteiger partial charge in [0, 0.05) is 29.3 Å². The van der Waals surface area contributed by atoms with Crippen LogP contribution in [0.3, 0.4) is 0 Å². The predicted octanol–water partition coefficient (Wildman–Crippen LogP) is 3.19. The van der Waals surface area contributed by atoms with Crippen LogP contribution in [0.4, 0.5) is 11.4 Å². The van der Waals surface area contributed by atoms with E-state index in [0.717, 1.165) is 18.8 Å². The van der Waals surface area contributed by atoms with Crippen LogP contribution in [0.5, 0.6) is 0 Å². The number of benzene rings is 1. The molecule has 1 unspecified atom stereocenters. The number of amides is 2. The number of ether oxygens (including phenoxy) is 2. The summed E-state index contributed by atoms with van der Waals surface area (Å²) in [7, 11) is 0. The molecule has 3 fully saturated rings. The Bertz CT molecular complexity index is 1030. The molecule has 0 aromatic heterocycles. The highest BCUT2D eigenvalue weighted by atomic mass is 79.9. The number of halogens is 1. The van der Waals surface area contributed by atoms with Crippen LogP contribution in [0.15, 0.2) is 24.3 Å². The van der Waals surface area contributed by atoms with Gasteiger partial charge in [-0.3, -0.25) is 14.4 Å². The first-order valence-electron chi connectivity index (χ1n) is 13.8. The minimum atomic E-state index is -1.19. The Kier molecular flexibility index (Phi) is 8.74. The van der Waals surface area contributed by atoms with Crippen LogP contribution in [0.25, 0.3) is 0 Å². The molecule has 1 aromatic rings. The molecule has 2 N–H and O–H groups in total. The summed E-state index contributed by atoms with van der Waals surface area (Å²) >= 11 is 3.65. The van der Waals surface area contributed by atoms with Crippen molar-refractivity contribution < 1.29 is 29.0 Å². The molecule has 2 bridgehead atoms. The van der Waals surface area contributed by atoms with Crippen molar-refractivity contribution in [3.05, 3.63) is 24.3 Å². The molecule has 210 valence electrons. The monoisotopic (exact) mass is 593 g/mol. The van der Waals surface area contributed by atoms with Gasteiger partial charge >= 0.3 is 5.97 Å². The normalized spacial score (nSPS) is 31.2. The summed E-state index contributed by atoms with van der Waals surface area (Å²) in [4.78, 5) is 44.7. The lowest BCUT2D eigenvalue weighted by molar-refractivity contribution is -0.155. The maximum absolute atomic E-state index is 14.1. The first-order chi connectivity index (χ1) is 18.2. The van der Waals surface area contributed by atoms with E-state index in [2.05, 4.69) is 40.0 Å². The highest BCUT2D eigenvalue weighted by Crippen LogP contribution is 2.60. The maximum atomic E-state index is 14.1. The third-order valence-electron chi connectivity index (χ3n) is 8.64. The predicted molar refractivity (Wildman–Crippen MR) is 148 cm³/mol. The Balaban J connectivity index is 1.72. The minimum Gasteiger partial charge on any atom is -0.466 e. The lowest BCUT2D eigenvalue weighted by atomic mass is 9.70. The molecule has 10 heteroatoms. The summed E-state index contributed by atoms with van der Waals surface area (Å²) in [6, 6.07) is 6.02. The van der Waals surface area contributed by atoms with Gasteiger partial charge in [-0.1, -0.05) is 36.2 Å². The molecule has 9 nitrogen and oxygen atoms in total. The fraction of sp³-hybridized carbons (Fsp3) is 0.679. The van der Waals surface area contributed by atoms with Crippen LogP contribution in [0, 0.1) is 17.8 Å². The van der Waals surface area contributed by atoms with Crippen LogP contribution >= 0.6 is 15.9 Å². The first kappa shape index (κ1) is 28.8. The number of hydrogen-bond acceptors (Lipinski definition) is 7. The molecule has 8 atom stereocenters. The summed E-state index contributed by atoms with van der Waals surface area (Å²) in [5, 5.41) is 13.4. The number of nitrogens with one attached hydrogen (secondary N) is 1. The van der Waals surface area contributed by atoms with Gasteiger partial charge in [0.1, 0.15) is 11.6 Å². The zero-order chi connectivity index (χ0) is 27.8. The highest BCUT2D eigenvalue weighted by Gasteiger charge is 2.77. The van der Waals surface area contributed by atoms with Crippen LogP contribution in [-0.4, -0.2) is 82.7 Å². The van der Waals surface area contributed by atoms with Crippen LogP contribution < -0.4 is 10.2 Å². The van der Waals surface area contributed by atoms with E-state index in [4.69, 9.17) is 9.47 Å². The molecule has 3 saturated heterocycles. The standard InChI is InChI=1S/C28H40BrN3O6/c1-6-16(5)20(15-33)32-24(25(34)30-17-10-12-18(13-11-17)31(7-2)8-3)28-14-19(29)23(38-28)21(22(28)26(32)35)27(36)37-9-4/h10-13,16,19-24,33H,6-9,14-15H2,1-5H3,(H,30,34)/t16-,19?,20-,21+,22-,23+,24+,28-/m0/s1. The lowest BCUT2D eigenvalue weighted by Gasteiger charge is -2.38. The van der Waals surface area contributed by atoms with Crippen LogP contribution in [-0.2, 0) is 23.9 Å². The van der Waals surface area contributed by atoms with Crippen molar-refractivity contribution in [2.24, 2.45) is 17.8 Å². The number of alkyl halides is 1. The van der Waals surface area contributed by atoms with E-state index in [9.17, 15) is 19.5 Å². The van der Waals surface area contributed by atoms with Crippen LogP contribution in [0.1, 0.15) is 47.5 Å². The Morgan fingerprint density at radius 1 is 1.24 bits per heavy atom. The molecule has 0 radical (unpaired) electrons. The van der Waals surface area contributed by atoms with E-state index < -0.39 is 41.6 Å². The quantitative estimate of drug-likeness (QED) is 0.299. The molecule has 1 spiro atoms. The average molecular weight is 595 g/mol. The number of aliphatic hydroxyl groups is 1. The second-order valence-electron chi connectivity index (χ2n) is 10.5. The summed E-state index contributed by atoms with van der Waals surface area (Å²) in [6.07, 6.45) is 0.544. The maximum Gasteiger partial charge on any atom is 0.312 e. The number of nitrogens with zero attached hydrogens (tertiary/aromatic N) is 2. The second-order valence-corrected chi connectivity index (χ2v) is 11.7. The van der Waals surface area contributed by atoms with Gasteiger partial charge in [0.15, 0.2) is 0 Å². The molecule has 0 saturated carbocycles. The van der Waals surface area contributed by atoms with E-state index in [-0.39, 0.29) is 35.8 Å². The van der Waals surface area contributed by atoms with Crippen molar-refractivity contribution in [1.29, 1.82) is 0 Å².